The molecule has 0 heterocycles. The van der Waals surface area contributed by atoms with Crippen molar-refractivity contribution in [1.82, 2.24) is 4.90 Å². The van der Waals surface area contributed by atoms with Crippen LogP contribution in [0.15, 0.2) is 60.7 Å². The van der Waals surface area contributed by atoms with Gasteiger partial charge in [-0.25, -0.2) is 9.59 Å². The molecule has 7 heteroatoms. The van der Waals surface area contributed by atoms with Gasteiger partial charge in [-0.05, 0) is 32.3 Å². The molecule has 0 unspecified atom stereocenters. The van der Waals surface area contributed by atoms with E-state index in [9.17, 15) is 9.59 Å². The lowest BCUT2D eigenvalue weighted by Gasteiger charge is -2.15. The third kappa shape index (κ3) is 9.08. The minimum absolute atomic E-state index is 0.558. The summed E-state index contributed by atoms with van der Waals surface area (Å²) in [7, 11) is 5.74. The molecule has 0 amide bonds. The zero-order valence-electron chi connectivity index (χ0n) is 15.5. The van der Waals surface area contributed by atoms with Gasteiger partial charge in [-0.15, -0.1) is 0 Å². The smallest absolute Gasteiger partial charge is 0.328 e. The number of carboxylic acids is 2. The second-order valence-corrected chi connectivity index (χ2v) is 5.64. The van der Waals surface area contributed by atoms with Crippen molar-refractivity contribution < 1.29 is 29.3 Å². The van der Waals surface area contributed by atoms with E-state index in [0.717, 1.165) is 29.4 Å². The maximum atomic E-state index is 9.55. The summed E-state index contributed by atoms with van der Waals surface area (Å²) in [6.45, 7) is 0.847. The maximum Gasteiger partial charge on any atom is 0.328 e. The van der Waals surface area contributed by atoms with Crippen LogP contribution in [0.25, 0.3) is 0 Å². The molecule has 0 atom stereocenters. The van der Waals surface area contributed by atoms with Crippen molar-refractivity contribution in [3.05, 3.63) is 66.2 Å². The van der Waals surface area contributed by atoms with Crippen LogP contribution in [0.3, 0.4) is 0 Å². The number of carbonyl (C=O) groups is 2. The van der Waals surface area contributed by atoms with Crippen molar-refractivity contribution in [3.8, 4) is 17.2 Å². The van der Waals surface area contributed by atoms with Gasteiger partial charge in [-0.2, -0.15) is 0 Å². The van der Waals surface area contributed by atoms with Gasteiger partial charge in [0.2, 0.25) is 0 Å². The predicted octanol–water partition coefficient (Wildman–Crippen LogP) is 3.26. The lowest BCUT2D eigenvalue weighted by Crippen LogP contribution is -2.11. The van der Waals surface area contributed by atoms with Crippen molar-refractivity contribution in [1.29, 1.82) is 0 Å². The summed E-state index contributed by atoms with van der Waals surface area (Å²) in [6.07, 6.45) is 1.12. The van der Waals surface area contributed by atoms with E-state index in [-0.39, 0.29) is 0 Å². The fraction of sp³-hybridized carbons (Fsp3) is 0.200. The van der Waals surface area contributed by atoms with E-state index in [4.69, 9.17) is 19.7 Å². The molecule has 0 radical (unpaired) electrons. The zero-order chi connectivity index (χ0) is 20.2. The summed E-state index contributed by atoms with van der Waals surface area (Å²) in [4.78, 5) is 21.2. The molecule has 0 aliphatic heterocycles. The molecule has 0 saturated heterocycles. The second kappa shape index (κ2) is 11.3. The Balaban J connectivity index is 0.000000387. The molecular formula is C20H23NO6. The predicted molar refractivity (Wildman–Crippen MR) is 101 cm³/mol. The van der Waals surface area contributed by atoms with Gasteiger partial charge in [0.15, 0.2) is 0 Å². The number of aliphatic carboxylic acids is 2. The number of hydrogen-bond acceptors (Lipinski definition) is 5. The number of methoxy groups -OCH3 is 1. The van der Waals surface area contributed by atoms with Gasteiger partial charge in [0.05, 0.1) is 7.11 Å². The molecule has 2 aromatic carbocycles. The maximum absolute atomic E-state index is 9.55. The summed E-state index contributed by atoms with van der Waals surface area (Å²) in [5, 5.41) is 15.6. The van der Waals surface area contributed by atoms with Gasteiger partial charge in [0.1, 0.15) is 17.2 Å². The van der Waals surface area contributed by atoms with Crippen molar-refractivity contribution in [2.45, 2.75) is 6.54 Å². The topological polar surface area (TPSA) is 96.3 Å². The van der Waals surface area contributed by atoms with Crippen molar-refractivity contribution in [3.63, 3.8) is 0 Å². The van der Waals surface area contributed by atoms with E-state index in [1.165, 1.54) is 0 Å². The lowest BCUT2D eigenvalue weighted by atomic mass is 10.2. The third-order valence-electron chi connectivity index (χ3n) is 3.10. The van der Waals surface area contributed by atoms with Crippen LogP contribution in [0.2, 0.25) is 0 Å². The quantitative estimate of drug-likeness (QED) is 0.719. The Morgan fingerprint density at radius 3 is 2.11 bits per heavy atom. The largest absolute Gasteiger partial charge is 0.497 e. The highest BCUT2D eigenvalue weighted by Gasteiger charge is 2.06. The molecule has 7 nitrogen and oxygen atoms in total. The van der Waals surface area contributed by atoms with Crippen LogP contribution in [-0.4, -0.2) is 48.3 Å². The Kier molecular flexibility index (Phi) is 9.11. The minimum atomic E-state index is -1.26. The van der Waals surface area contributed by atoms with Crippen LogP contribution in [0.1, 0.15) is 5.56 Å². The fourth-order valence-electron chi connectivity index (χ4n) is 2.01. The molecule has 0 aromatic heterocycles. The van der Waals surface area contributed by atoms with E-state index in [1.807, 2.05) is 56.6 Å². The zero-order valence-corrected chi connectivity index (χ0v) is 15.5. The highest BCUT2D eigenvalue weighted by molar-refractivity contribution is 5.89. The summed E-state index contributed by atoms with van der Waals surface area (Å²) in [5.74, 6) is -0.0580. The highest BCUT2D eigenvalue weighted by Crippen LogP contribution is 2.28. The SMILES string of the molecule is COc1cccc(Oc2ccccc2CN(C)C)c1.O=C(O)C=CC(=O)O. The van der Waals surface area contributed by atoms with Crippen molar-refractivity contribution in [2.24, 2.45) is 0 Å². The molecule has 0 bridgehead atoms. The van der Waals surface area contributed by atoms with Gasteiger partial charge < -0.3 is 24.6 Å². The average Bonchev–Trinajstić information content (AvgIpc) is 2.62. The molecular weight excluding hydrogens is 350 g/mol. The van der Waals surface area contributed by atoms with E-state index < -0.39 is 11.9 Å². The second-order valence-electron chi connectivity index (χ2n) is 5.64. The molecule has 0 fully saturated rings. The van der Waals surface area contributed by atoms with Crippen LogP contribution in [0, 0.1) is 0 Å². The van der Waals surface area contributed by atoms with Crippen LogP contribution < -0.4 is 9.47 Å². The number of benzene rings is 2. The average molecular weight is 373 g/mol. The van der Waals surface area contributed by atoms with Gasteiger partial charge in [-0.3, -0.25) is 0 Å². The van der Waals surface area contributed by atoms with Gasteiger partial charge in [-0.1, -0.05) is 24.3 Å². The Labute approximate surface area is 158 Å². The van der Waals surface area contributed by atoms with Gasteiger partial charge in [0.25, 0.3) is 0 Å². The molecule has 0 saturated carbocycles. The number of nitrogens with zero attached hydrogens (tertiary/aromatic N) is 1. The highest BCUT2D eigenvalue weighted by atomic mass is 16.5. The van der Waals surface area contributed by atoms with E-state index in [1.54, 1.807) is 7.11 Å². The first kappa shape index (κ1) is 21.7. The lowest BCUT2D eigenvalue weighted by molar-refractivity contribution is -0.134. The number of hydrogen-bond donors (Lipinski definition) is 2. The Hall–Kier alpha value is -3.32. The summed E-state index contributed by atoms with van der Waals surface area (Å²) >= 11 is 0. The first-order valence-corrected chi connectivity index (χ1v) is 8.00. The molecule has 144 valence electrons. The van der Waals surface area contributed by atoms with E-state index in [2.05, 4.69) is 11.0 Å². The van der Waals surface area contributed by atoms with Gasteiger partial charge >= 0.3 is 11.9 Å². The molecule has 0 aliphatic rings. The molecule has 0 spiro atoms. The fourth-order valence-corrected chi connectivity index (χ4v) is 2.01. The monoisotopic (exact) mass is 373 g/mol. The van der Waals surface area contributed by atoms with Crippen LogP contribution in [0.4, 0.5) is 0 Å². The number of rotatable bonds is 7. The molecule has 2 aromatic rings. The Bertz CT molecular complexity index is 770. The van der Waals surface area contributed by atoms with E-state index >= 15 is 0 Å². The number of carboxylic acid groups (broad SMARTS) is 2. The van der Waals surface area contributed by atoms with Crippen LogP contribution in [-0.2, 0) is 16.1 Å². The normalized spacial score (nSPS) is 10.2. The number of ether oxygens (including phenoxy) is 2. The molecule has 2 rings (SSSR count). The Morgan fingerprint density at radius 1 is 0.963 bits per heavy atom. The van der Waals surface area contributed by atoms with Crippen LogP contribution in [0.5, 0.6) is 17.2 Å². The number of para-hydroxylation sites is 1. The molecule has 27 heavy (non-hydrogen) atoms. The summed E-state index contributed by atoms with van der Waals surface area (Å²) in [5.41, 5.74) is 1.16. The molecule has 2 N–H and O–H groups in total. The van der Waals surface area contributed by atoms with E-state index in [0.29, 0.717) is 12.2 Å². The summed E-state index contributed by atoms with van der Waals surface area (Å²) < 4.78 is 11.1. The minimum Gasteiger partial charge on any atom is -0.497 e. The third-order valence-corrected chi connectivity index (χ3v) is 3.10. The first-order valence-electron chi connectivity index (χ1n) is 8.00. The Morgan fingerprint density at radius 2 is 1.56 bits per heavy atom. The van der Waals surface area contributed by atoms with Crippen molar-refractivity contribution in [2.75, 3.05) is 21.2 Å². The first-order chi connectivity index (χ1) is 12.8. The molecule has 0 aliphatic carbocycles. The van der Waals surface area contributed by atoms with Crippen LogP contribution >= 0.6 is 0 Å². The van der Waals surface area contributed by atoms with Crippen molar-refractivity contribution >= 4 is 11.9 Å². The van der Waals surface area contributed by atoms with Gasteiger partial charge in [0, 0.05) is 30.3 Å². The standard InChI is InChI=1S/C16H19NO2.C4H4O4/c1-17(2)12-13-7-4-5-10-16(13)19-15-9-6-8-14(11-15)18-3;5-3(6)1-2-4(7)8/h4-11H,12H2,1-3H3;1-2H,(H,5,6)(H,7,8). The summed E-state index contributed by atoms with van der Waals surface area (Å²) in [6, 6.07) is 15.7.